The molecule has 1 nitrogen and oxygen atoms in total. The lowest BCUT2D eigenvalue weighted by Gasteiger charge is -1.98. The van der Waals surface area contributed by atoms with Crippen molar-refractivity contribution >= 4 is 11.8 Å². The van der Waals surface area contributed by atoms with E-state index >= 15 is 0 Å². The molecule has 0 radical (unpaired) electrons. The Balaban J connectivity index is 2.43. The molecule has 0 atom stereocenters. The van der Waals surface area contributed by atoms with Crippen molar-refractivity contribution < 1.29 is 0 Å². The quantitative estimate of drug-likeness (QED) is 0.663. The molecule has 0 aliphatic rings. The van der Waals surface area contributed by atoms with Gasteiger partial charge in [-0.2, -0.15) is 5.26 Å². The SMILES string of the molecule is Cc1ccc(CSCC#N)cc1. The molecule has 0 aliphatic heterocycles. The first-order valence-corrected chi connectivity index (χ1v) is 4.98. The zero-order valence-electron chi connectivity index (χ0n) is 7.08. The van der Waals surface area contributed by atoms with Crippen LogP contribution in [0.25, 0.3) is 0 Å². The number of nitriles is 1. The molecule has 0 N–H and O–H groups in total. The Morgan fingerprint density at radius 3 is 2.58 bits per heavy atom. The van der Waals surface area contributed by atoms with E-state index in [1.165, 1.54) is 11.1 Å². The monoisotopic (exact) mass is 177 g/mol. The summed E-state index contributed by atoms with van der Waals surface area (Å²) in [6, 6.07) is 10.5. The number of rotatable bonds is 3. The fourth-order valence-corrected chi connectivity index (χ4v) is 1.52. The summed E-state index contributed by atoms with van der Waals surface area (Å²) >= 11 is 1.65. The molecule has 0 heterocycles. The molecular weight excluding hydrogens is 166 g/mol. The van der Waals surface area contributed by atoms with Gasteiger partial charge in [-0.3, -0.25) is 0 Å². The summed E-state index contributed by atoms with van der Waals surface area (Å²) in [5.41, 5.74) is 2.57. The van der Waals surface area contributed by atoms with Gasteiger partial charge in [0.25, 0.3) is 0 Å². The first-order chi connectivity index (χ1) is 5.83. The fraction of sp³-hybridized carbons (Fsp3) is 0.300. The summed E-state index contributed by atoms with van der Waals surface area (Å²) in [6.07, 6.45) is 0. The molecule has 12 heavy (non-hydrogen) atoms. The highest BCUT2D eigenvalue weighted by Gasteiger charge is 1.91. The standard InChI is InChI=1S/C10H11NS/c1-9-2-4-10(5-3-9)8-12-7-6-11/h2-5H,7-8H2,1H3. The van der Waals surface area contributed by atoms with Gasteiger partial charge in [0.1, 0.15) is 0 Å². The third-order valence-electron chi connectivity index (χ3n) is 1.56. The van der Waals surface area contributed by atoms with Crippen LogP contribution in [0, 0.1) is 18.3 Å². The molecule has 0 saturated carbocycles. The highest BCUT2D eigenvalue weighted by Crippen LogP contribution is 2.11. The normalized spacial score (nSPS) is 9.33. The molecule has 0 saturated heterocycles. The van der Waals surface area contributed by atoms with E-state index in [0.717, 1.165) is 5.75 Å². The van der Waals surface area contributed by atoms with E-state index in [1.807, 2.05) is 0 Å². The van der Waals surface area contributed by atoms with E-state index in [4.69, 9.17) is 5.26 Å². The average Bonchev–Trinajstić information content (AvgIpc) is 2.09. The number of hydrogen-bond acceptors (Lipinski definition) is 2. The van der Waals surface area contributed by atoms with Gasteiger partial charge >= 0.3 is 0 Å². The summed E-state index contributed by atoms with van der Waals surface area (Å²) in [5.74, 6) is 1.52. The minimum absolute atomic E-state index is 0.577. The third kappa shape index (κ3) is 2.98. The van der Waals surface area contributed by atoms with E-state index in [1.54, 1.807) is 11.8 Å². The molecule has 2 heteroatoms. The molecule has 1 rings (SSSR count). The van der Waals surface area contributed by atoms with E-state index in [-0.39, 0.29) is 0 Å². The van der Waals surface area contributed by atoms with Gasteiger partial charge in [-0.05, 0) is 12.5 Å². The van der Waals surface area contributed by atoms with Gasteiger partial charge in [-0.1, -0.05) is 29.8 Å². The largest absolute Gasteiger partial charge is 0.197 e. The fourth-order valence-electron chi connectivity index (χ4n) is 0.899. The van der Waals surface area contributed by atoms with Crippen molar-refractivity contribution in [3.05, 3.63) is 35.4 Å². The molecule has 0 amide bonds. The van der Waals surface area contributed by atoms with Gasteiger partial charge in [-0.15, -0.1) is 11.8 Å². The average molecular weight is 177 g/mol. The molecule has 0 bridgehead atoms. The molecule has 1 aromatic rings. The van der Waals surface area contributed by atoms with E-state index in [9.17, 15) is 0 Å². The van der Waals surface area contributed by atoms with Gasteiger partial charge < -0.3 is 0 Å². The maximum Gasteiger partial charge on any atom is 0.0811 e. The van der Waals surface area contributed by atoms with Gasteiger partial charge in [0, 0.05) is 5.75 Å². The summed E-state index contributed by atoms with van der Waals surface area (Å²) < 4.78 is 0. The molecule has 1 aromatic carbocycles. The Bertz CT molecular complexity index is 271. The minimum atomic E-state index is 0.577. The first-order valence-electron chi connectivity index (χ1n) is 3.83. The Labute approximate surface area is 77.4 Å². The van der Waals surface area contributed by atoms with Crippen molar-refractivity contribution in [2.45, 2.75) is 12.7 Å². The lowest BCUT2D eigenvalue weighted by atomic mass is 10.2. The predicted octanol–water partition coefficient (Wildman–Crippen LogP) is 2.75. The third-order valence-corrected chi connectivity index (χ3v) is 2.43. The molecule has 0 spiro atoms. The van der Waals surface area contributed by atoms with Crippen LogP contribution in [0.1, 0.15) is 11.1 Å². The van der Waals surface area contributed by atoms with Gasteiger partial charge in [-0.25, -0.2) is 0 Å². The topological polar surface area (TPSA) is 23.8 Å². The Kier molecular flexibility index (Phi) is 3.69. The number of benzene rings is 1. The second-order valence-electron chi connectivity index (χ2n) is 2.64. The zero-order chi connectivity index (χ0) is 8.81. The van der Waals surface area contributed by atoms with Crippen molar-refractivity contribution in [3.63, 3.8) is 0 Å². The molecule has 0 aromatic heterocycles. The second-order valence-corrected chi connectivity index (χ2v) is 3.62. The van der Waals surface area contributed by atoms with E-state index in [0.29, 0.717) is 5.75 Å². The van der Waals surface area contributed by atoms with Crippen LogP contribution < -0.4 is 0 Å². The maximum atomic E-state index is 8.32. The Morgan fingerprint density at radius 1 is 1.33 bits per heavy atom. The van der Waals surface area contributed by atoms with Gasteiger partial charge in [0.05, 0.1) is 11.8 Å². The van der Waals surface area contributed by atoms with Crippen molar-refractivity contribution in [2.75, 3.05) is 5.75 Å². The summed E-state index contributed by atoms with van der Waals surface area (Å²) in [5, 5.41) is 8.32. The van der Waals surface area contributed by atoms with Crippen LogP contribution in [0.5, 0.6) is 0 Å². The van der Waals surface area contributed by atoms with Crippen LogP contribution in [0.2, 0.25) is 0 Å². The molecule has 62 valence electrons. The van der Waals surface area contributed by atoms with Crippen molar-refractivity contribution in [1.29, 1.82) is 5.26 Å². The summed E-state index contributed by atoms with van der Waals surface area (Å²) in [7, 11) is 0. The smallest absolute Gasteiger partial charge is 0.0811 e. The number of aryl methyl sites for hydroxylation is 1. The Hall–Kier alpha value is -0.940. The minimum Gasteiger partial charge on any atom is -0.197 e. The first kappa shape index (κ1) is 9.15. The second kappa shape index (κ2) is 4.84. The van der Waals surface area contributed by atoms with Gasteiger partial charge in [0.2, 0.25) is 0 Å². The van der Waals surface area contributed by atoms with Crippen molar-refractivity contribution in [3.8, 4) is 6.07 Å². The highest BCUT2D eigenvalue weighted by atomic mass is 32.2. The predicted molar refractivity (Wildman–Crippen MR) is 53.0 cm³/mol. The molecule has 0 fully saturated rings. The van der Waals surface area contributed by atoms with Crippen LogP contribution in [0.3, 0.4) is 0 Å². The van der Waals surface area contributed by atoms with E-state index < -0.39 is 0 Å². The van der Waals surface area contributed by atoms with Crippen LogP contribution in [0.4, 0.5) is 0 Å². The number of hydrogen-bond donors (Lipinski definition) is 0. The maximum absolute atomic E-state index is 8.32. The van der Waals surface area contributed by atoms with Crippen LogP contribution >= 0.6 is 11.8 Å². The van der Waals surface area contributed by atoms with Gasteiger partial charge in [0.15, 0.2) is 0 Å². The van der Waals surface area contributed by atoms with Crippen molar-refractivity contribution in [1.82, 2.24) is 0 Å². The molecule has 0 unspecified atom stereocenters. The summed E-state index contributed by atoms with van der Waals surface area (Å²) in [6.45, 7) is 2.08. The zero-order valence-corrected chi connectivity index (χ0v) is 7.90. The molecule has 0 aliphatic carbocycles. The Morgan fingerprint density at radius 2 is 2.00 bits per heavy atom. The van der Waals surface area contributed by atoms with E-state index in [2.05, 4.69) is 37.3 Å². The number of thioether (sulfide) groups is 1. The number of nitrogens with zero attached hydrogens (tertiary/aromatic N) is 1. The lowest BCUT2D eigenvalue weighted by molar-refractivity contribution is 1.36. The molecular formula is C10H11NS. The lowest BCUT2D eigenvalue weighted by Crippen LogP contribution is -1.81. The van der Waals surface area contributed by atoms with Crippen LogP contribution in [-0.4, -0.2) is 5.75 Å². The van der Waals surface area contributed by atoms with Crippen molar-refractivity contribution in [2.24, 2.45) is 0 Å². The van der Waals surface area contributed by atoms with Crippen LogP contribution in [0.15, 0.2) is 24.3 Å². The summed E-state index contributed by atoms with van der Waals surface area (Å²) in [4.78, 5) is 0. The highest BCUT2D eigenvalue weighted by molar-refractivity contribution is 7.98. The van der Waals surface area contributed by atoms with Crippen LogP contribution in [-0.2, 0) is 5.75 Å².